The van der Waals surface area contributed by atoms with Crippen LogP contribution >= 0.6 is 0 Å². The molecule has 1 N–H and O–H groups in total. The average molecular weight is 274 g/mol. The average Bonchev–Trinajstić information content (AvgIpc) is 2.51. The van der Waals surface area contributed by atoms with Crippen LogP contribution in [-0.2, 0) is 0 Å². The molecule has 2 nitrogen and oxygen atoms in total. The van der Waals surface area contributed by atoms with Crippen LogP contribution in [-0.4, -0.2) is 6.21 Å². The predicted octanol–water partition coefficient (Wildman–Crippen LogP) is 4.90. The maximum atomic E-state index is 4.36. The molecule has 3 aromatic carbocycles. The Bertz CT molecular complexity index is 798. The zero-order chi connectivity index (χ0) is 14.7. The molecule has 3 aromatic rings. The number of anilines is 1. The quantitative estimate of drug-likeness (QED) is 0.533. The van der Waals surface area contributed by atoms with Crippen LogP contribution in [0.4, 0.5) is 5.69 Å². The highest BCUT2D eigenvalue weighted by molar-refractivity contribution is 5.99. The van der Waals surface area contributed by atoms with Crippen LogP contribution in [0.5, 0.6) is 0 Å². The van der Waals surface area contributed by atoms with Crippen LogP contribution < -0.4 is 5.43 Å². The Balaban J connectivity index is 1.83. The number of aryl methyl sites for hydroxylation is 2. The molecule has 0 radical (unpaired) electrons. The van der Waals surface area contributed by atoms with Crippen molar-refractivity contribution in [3.05, 3.63) is 77.4 Å². The molecule has 0 saturated heterocycles. The highest BCUT2D eigenvalue weighted by Gasteiger charge is 1.97. The van der Waals surface area contributed by atoms with Crippen molar-refractivity contribution in [1.29, 1.82) is 0 Å². The second-order valence-corrected chi connectivity index (χ2v) is 5.24. The minimum atomic E-state index is 1.01. The minimum Gasteiger partial charge on any atom is -0.278 e. The van der Waals surface area contributed by atoms with Gasteiger partial charge in [0.1, 0.15) is 0 Å². The predicted molar refractivity (Wildman–Crippen MR) is 91.1 cm³/mol. The van der Waals surface area contributed by atoms with E-state index in [0.29, 0.717) is 0 Å². The van der Waals surface area contributed by atoms with Gasteiger partial charge in [-0.25, -0.2) is 0 Å². The van der Waals surface area contributed by atoms with E-state index in [9.17, 15) is 0 Å². The molecule has 0 heterocycles. The van der Waals surface area contributed by atoms with Crippen molar-refractivity contribution in [3.63, 3.8) is 0 Å². The third-order valence-corrected chi connectivity index (χ3v) is 3.73. The second-order valence-electron chi connectivity index (χ2n) is 5.24. The van der Waals surface area contributed by atoms with Crippen molar-refractivity contribution in [2.75, 3.05) is 5.43 Å². The lowest BCUT2D eigenvalue weighted by Crippen LogP contribution is -1.92. The molecule has 0 aromatic heterocycles. The Morgan fingerprint density at radius 3 is 2.52 bits per heavy atom. The van der Waals surface area contributed by atoms with Gasteiger partial charge in [0.05, 0.1) is 11.9 Å². The smallest absolute Gasteiger partial charge is 0.0564 e. The topological polar surface area (TPSA) is 24.4 Å². The lowest BCUT2D eigenvalue weighted by atomic mass is 10.1. The van der Waals surface area contributed by atoms with E-state index in [4.69, 9.17) is 0 Å². The van der Waals surface area contributed by atoms with Gasteiger partial charge in [-0.15, -0.1) is 0 Å². The summed E-state index contributed by atoms with van der Waals surface area (Å²) in [5.74, 6) is 0. The summed E-state index contributed by atoms with van der Waals surface area (Å²) in [5, 5.41) is 6.80. The van der Waals surface area contributed by atoms with E-state index >= 15 is 0 Å². The second kappa shape index (κ2) is 5.80. The Labute approximate surface area is 125 Å². The molecular formula is C19H18N2. The maximum Gasteiger partial charge on any atom is 0.0564 e. The Hall–Kier alpha value is -2.61. The number of hydrazone groups is 1. The molecule has 0 bridgehead atoms. The van der Waals surface area contributed by atoms with Gasteiger partial charge in [-0.2, -0.15) is 5.10 Å². The van der Waals surface area contributed by atoms with E-state index < -0.39 is 0 Å². The van der Waals surface area contributed by atoms with Crippen LogP contribution in [0.1, 0.15) is 16.7 Å². The van der Waals surface area contributed by atoms with Gasteiger partial charge in [-0.3, -0.25) is 5.43 Å². The summed E-state index contributed by atoms with van der Waals surface area (Å²) in [5.41, 5.74) is 7.77. The Kier molecular flexibility index (Phi) is 3.69. The molecule has 0 atom stereocenters. The number of fused-ring (bicyclic) bond motifs is 1. The molecule has 3 rings (SSSR count). The molecular weight excluding hydrogens is 256 g/mol. The van der Waals surface area contributed by atoms with E-state index in [0.717, 1.165) is 11.3 Å². The SMILES string of the molecule is Cc1ccc(NN=Cc2cccc3ccccc23)cc1C. The summed E-state index contributed by atoms with van der Waals surface area (Å²) < 4.78 is 0. The summed E-state index contributed by atoms with van der Waals surface area (Å²) in [6.45, 7) is 4.22. The van der Waals surface area contributed by atoms with Gasteiger partial charge in [0.2, 0.25) is 0 Å². The minimum absolute atomic E-state index is 1.01. The van der Waals surface area contributed by atoms with Crippen LogP contribution in [0.3, 0.4) is 0 Å². The first-order valence-electron chi connectivity index (χ1n) is 7.08. The van der Waals surface area contributed by atoms with Crippen molar-refractivity contribution in [3.8, 4) is 0 Å². The van der Waals surface area contributed by atoms with Crippen LogP contribution in [0.2, 0.25) is 0 Å². The maximum absolute atomic E-state index is 4.36. The van der Waals surface area contributed by atoms with E-state index in [1.165, 1.54) is 21.9 Å². The molecule has 21 heavy (non-hydrogen) atoms. The third-order valence-electron chi connectivity index (χ3n) is 3.73. The standard InChI is InChI=1S/C19H18N2/c1-14-10-11-18(12-15(14)2)21-20-13-17-8-5-7-16-6-3-4-9-19(16)17/h3-13,21H,1-2H3. The summed E-state index contributed by atoms with van der Waals surface area (Å²) in [4.78, 5) is 0. The first kappa shape index (κ1) is 13.4. The summed E-state index contributed by atoms with van der Waals surface area (Å²) in [6, 6.07) is 20.8. The molecule has 0 amide bonds. The lowest BCUT2D eigenvalue weighted by Gasteiger charge is -2.05. The highest BCUT2D eigenvalue weighted by Crippen LogP contribution is 2.17. The molecule has 0 aliphatic heterocycles. The highest BCUT2D eigenvalue weighted by atomic mass is 15.3. The largest absolute Gasteiger partial charge is 0.278 e. The fourth-order valence-corrected chi connectivity index (χ4v) is 2.35. The normalized spacial score (nSPS) is 11.1. The fourth-order valence-electron chi connectivity index (χ4n) is 2.35. The summed E-state index contributed by atoms with van der Waals surface area (Å²) in [6.07, 6.45) is 1.87. The van der Waals surface area contributed by atoms with Crippen molar-refractivity contribution in [1.82, 2.24) is 0 Å². The fraction of sp³-hybridized carbons (Fsp3) is 0.105. The number of nitrogens with zero attached hydrogens (tertiary/aromatic N) is 1. The van der Waals surface area contributed by atoms with Crippen molar-refractivity contribution < 1.29 is 0 Å². The van der Waals surface area contributed by atoms with Crippen molar-refractivity contribution in [2.45, 2.75) is 13.8 Å². The molecule has 2 heteroatoms. The number of benzene rings is 3. The molecule has 0 fully saturated rings. The summed E-state index contributed by atoms with van der Waals surface area (Å²) in [7, 11) is 0. The monoisotopic (exact) mass is 274 g/mol. The van der Waals surface area contributed by atoms with Gasteiger partial charge >= 0.3 is 0 Å². The number of nitrogens with one attached hydrogen (secondary N) is 1. The van der Waals surface area contributed by atoms with Crippen LogP contribution in [0.25, 0.3) is 10.8 Å². The summed E-state index contributed by atoms with van der Waals surface area (Å²) >= 11 is 0. The molecule has 0 saturated carbocycles. The van der Waals surface area contributed by atoms with Gasteiger partial charge in [0, 0.05) is 5.56 Å². The third kappa shape index (κ3) is 2.95. The van der Waals surface area contributed by atoms with E-state index in [1.54, 1.807) is 0 Å². The molecule has 0 aliphatic rings. The molecule has 0 spiro atoms. The van der Waals surface area contributed by atoms with Gasteiger partial charge in [-0.1, -0.05) is 48.5 Å². The zero-order valence-corrected chi connectivity index (χ0v) is 12.3. The molecule has 104 valence electrons. The van der Waals surface area contributed by atoms with E-state index in [1.807, 2.05) is 12.3 Å². The van der Waals surface area contributed by atoms with Crippen LogP contribution in [0.15, 0.2) is 65.8 Å². The van der Waals surface area contributed by atoms with Gasteiger partial charge in [-0.05, 0) is 47.9 Å². The van der Waals surface area contributed by atoms with Gasteiger partial charge in [0.25, 0.3) is 0 Å². The Morgan fingerprint density at radius 2 is 1.67 bits per heavy atom. The van der Waals surface area contributed by atoms with E-state index in [2.05, 4.69) is 79.0 Å². The van der Waals surface area contributed by atoms with E-state index in [-0.39, 0.29) is 0 Å². The first-order valence-corrected chi connectivity index (χ1v) is 7.08. The number of hydrogen-bond acceptors (Lipinski definition) is 2. The van der Waals surface area contributed by atoms with Crippen molar-refractivity contribution in [2.24, 2.45) is 5.10 Å². The van der Waals surface area contributed by atoms with Gasteiger partial charge in [0.15, 0.2) is 0 Å². The lowest BCUT2D eigenvalue weighted by molar-refractivity contribution is 1.29. The van der Waals surface area contributed by atoms with Crippen LogP contribution in [0, 0.1) is 13.8 Å². The molecule has 0 unspecified atom stereocenters. The Morgan fingerprint density at radius 1 is 0.857 bits per heavy atom. The van der Waals surface area contributed by atoms with Gasteiger partial charge < -0.3 is 0 Å². The van der Waals surface area contributed by atoms with Crippen molar-refractivity contribution >= 4 is 22.7 Å². The molecule has 0 aliphatic carbocycles. The number of hydrogen-bond donors (Lipinski definition) is 1. The zero-order valence-electron chi connectivity index (χ0n) is 12.3. The number of rotatable bonds is 3. The first-order chi connectivity index (χ1) is 10.2.